The van der Waals surface area contributed by atoms with Gasteiger partial charge >= 0.3 is 0 Å². The summed E-state index contributed by atoms with van der Waals surface area (Å²) in [5, 5.41) is 161. The Morgan fingerprint density at radius 3 is 1.21 bits per heavy atom. The largest absolute Gasteiger partial charge is 0.394 e. The van der Waals surface area contributed by atoms with Crippen molar-refractivity contribution in [2.75, 3.05) is 33.0 Å². The fraction of sp³-hybridized carbons (Fsp3) is 0.941. The smallest absolute Gasteiger partial charge is 0.217 e. The van der Waals surface area contributed by atoms with Crippen molar-refractivity contribution in [3.05, 3.63) is 0 Å². The van der Waals surface area contributed by atoms with Crippen LogP contribution >= 0.6 is 0 Å². The molecule has 0 aromatic heterocycles. The molecule has 25 atom stereocenters. The monoisotopic (exact) mass is 910 g/mol. The van der Waals surface area contributed by atoms with Crippen molar-refractivity contribution in [2.45, 2.75) is 167 Å². The van der Waals surface area contributed by atoms with Crippen molar-refractivity contribution in [1.82, 2.24) is 10.6 Å². The topological polar surface area (TPSA) is 445 Å². The second-order valence-electron chi connectivity index (χ2n) is 15.5. The highest BCUT2D eigenvalue weighted by Gasteiger charge is 2.56. The lowest BCUT2D eigenvalue weighted by Gasteiger charge is -2.49. The second-order valence-corrected chi connectivity index (χ2v) is 15.5. The normalized spacial score (nSPS) is 49.0. The van der Waals surface area contributed by atoms with Crippen LogP contribution in [0.3, 0.4) is 0 Å². The summed E-state index contributed by atoms with van der Waals surface area (Å²) in [5.74, 6) is -1.55. The molecule has 17 N–H and O–H groups in total. The predicted molar refractivity (Wildman–Crippen MR) is 190 cm³/mol. The van der Waals surface area contributed by atoms with E-state index in [1.165, 1.54) is 0 Å². The highest BCUT2D eigenvalue weighted by molar-refractivity contribution is 5.73. The Labute approximate surface area is 351 Å². The SMILES string of the molecule is CC(=O)N[C@H]1[C@H](OC[C@H]2O[C@@H](O)[C@H](O)[C@@H](O)[C@H]2O[C@@H]2O[C@H](CO)[C@@H](O[C@@H]3O[C@H](CO)[C@H](O)[C@H](O)[C@H]3O)[C@H](O)[C@H]2NC(C)=O)O[C@H](CO)[C@@H](O[C@@H]2O[C@H](CO)[C@H](O)[C@H](O)[C@H]2O)[C@@H]1O. The molecule has 62 heavy (non-hydrogen) atoms. The lowest BCUT2D eigenvalue weighted by atomic mass is 9.94. The number of hydrogen-bond donors (Lipinski definition) is 17. The number of amides is 2. The lowest BCUT2D eigenvalue weighted by Crippen LogP contribution is -2.69. The van der Waals surface area contributed by atoms with Gasteiger partial charge in [-0.3, -0.25) is 9.59 Å². The number of nitrogens with one attached hydrogen (secondary N) is 2. The quantitative estimate of drug-likeness (QED) is 0.0725. The average molecular weight is 911 g/mol. The minimum atomic E-state index is -2.10. The van der Waals surface area contributed by atoms with Gasteiger partial charge in [-0.1, -0.05) is 0 Å². The van der Waals surface area contributed by atoms with Gasteiger partial charge < -0.3 is 130 Å². The Balaban J connectivity index is 1.34. The highest BCUT2D eigenvalue weighted by atomic mass is 16.8. The fourth-order valence-corrected chi connectivity index (χ4v) is 7.74. The van der Waals surface area contributed by atoms with Gasteiger partial charge in [-0.15, -0.1) is 0 Å². The maximum Gasteiger partial charge on any atom is 0.217 e. The third kappa shape index (κ3) is 11.0. The van der Waals surface area contributed by atoms with Gasteiger partial charge in [-0.05, 0) is 0 Å². The van der Waals surface area contributed by atoms with Crippen LogP contribution in [-0.2, 0) is 52.2 Å². The summed E-state index contributed by atoms with van der Waals surface area (Å²) in [5.41, 5.74) is 0. The van der Waals surface area contributed by atoms with Crippen molar-refractivity contribution in [2.24, 2.45) is 0 Å². The van der Waals surface area contributed by atoms with E-state index in [9.17, 15) is 86.2 Å². The number of hydrogen-bond acceptors (Lipinski definition) is 26. The summed E-state index contributed by atoms with van der Waals surface area (Å²) in [6.45, 7) is -2.23. The molecule has 0 saturated carbocycles. The van der Waals surface area contributed by atoms with E-state index in [4.69, 9.17) is 42.6 Å². The minimum absolute atomic E-state index is 0.756. The Morgan fingerprint density at radius 1 is 0.419 bits per heavy atom. The third-order valence-electron chi connectivity index (χ3n) is 11.1. The summed E-state index contributed by atoms with van der Waals surface area (Å²) in [6.07, 6.45) is -41.3. The molecule has 0 aromatic carbocycles. The van der Waals surface area contributed by atoms with E-state index in [1.807, 2.05) is 0 Å². The second kappa shape index (κ2) is 22.0. The molecule has 5 aliphatic rings. The molecule has 360 valence electrons. The molecule has 0 unspecified atom stereocenters. The van der Waals surface area contributed by atoms with E-state index < -0.39 is 198 Å². The van der Waals surface area contributed by atoms with Crippen LogP contribution in [0.2, 0.25) is 0 Å². The molecule has 28 nitrogen and oxygen atoms in total. The summed E-state index contributed by atoms with van der Waals surface area (Å²) < 4.78 is 51.0. The molecule has 28 heteroatoms. The van der Waals surface area contributed by atoms with E-state index in [-0.39, 0.29) is 0 Å². The Kier molecular flexibility index (Phi) is 18.1. The first-order chi connectivity index (χ1) is 29.3. The summed E-state index contributed by atoms with van der Waals surface area (Å²) in [4.78, 5) is 24.7. The zero-order valence-electron chi connectivity index (χ0n) is 33.2. The third-order valence-corrected chi connectivity index (χ3v) is 11.1. The summed E-state index contributed by atoms with van der Waals surface area (Å²) >= 11 is 0. The maximum absolute atomic E-state index is 12.4. The Hall–Kier alpha value is -2.02. The van der Waals surface area contributed by atoms with Crippen molar-refractivity contribution < 1.29 is 129 Å². The molecular weight excluding hydrogens is 852 g/mol. The van der Waals surface area contributed by atoms with Gasteiger partial charge in [0.15, 0.2) is 31.5 Å². The fourth-order valence-electron chi connectivity index (χ4n) is 7.74. The number of aliphatic hydroxyl groups is 15. The van der Waals surface area contributed by atoms with Crippen LogP contribution in [0.5, 0.6) is 0 Å². The molecule has 0 aliphatic carbocycles. The first-order valence-electron chi connectivity index (χ1n) is 19.6. The van der Waals surface area contributed by atoms with E-state index in [0.29, 0.717) is 0 Å². The molecule has 0 spiro atoms. The minimum Gasteiger partial charge on any atom is -0.394 e. The lowest BCUT2D eigenvalue weighted by molar-refractivity contribution is -0.370. The molecule has 0 radical (unpaired) electrons. The van der Waals surface area contributed by atoms with Gasteiger partial charge in [-0.2, -0.15) is 0 Å². The molecule has 5 rings (SSSR count). The molecule has 0 bridgehead atoms. The molecule has 0 aromatic rings. The Morgan fingerprint density at radius 2 is 0.790 bits per heavy atom. The zero-order chi connectivity index (χ0) is 45.9. The highest BCUT2D eigenvalue weighted by Crippen LogP contribution is 2.34. The number of aliphatic hydroxyl groups excluding tert-OH is 15. The molecule has 5 fully saturated rings. The van der Waals surface area contributed by atoms with Gasteiger partial charge in [0.25, 0.3) is 0 Å². The van der Waals surface area contributed by atoms with Gasteiger partial charge in [0.05, 0.1) is 33.0 Å². The molecule has 5 heterocycles. The number of carbonyl (C=O) groups excluding carboxylic acids is 2. The van der Waals surface area contributed by atoms with Crippen LogP contribution in [-0.4, -0.2) is 275 Å². The molecule has 2 amide bonds. The van der Waals surface area contributed by atoms with Crippen molar-refractivity contribution >= 4 is 11.8 Å². The van der Waals surface area contributed by atoms with Crippen LogP contribution in [0, 0.1) is 0 Å². The molecule has 5 saturated heterocycles. The van der Waals surface area contributed by atoms with Crippen LogP contribution in [0.25, 0.3) is 0 Å². The van der Waals surface area contributed by atoms with Gasteiger partial charge in [-0.25, -0.2) is 0 Å². The summed E-state index contributed by atoms with van der Waals surface area (Å²) in [7, 11) is 0. The van der Waals surface area contributed by atoms with Crippen molar-refractivity contribution in [1.29, 1.82) is 0 Å². The number of rotatable bonds is 15. The van der Waals surface area contributed by atoms with Crippen LogP contribution in [0.1, 0.15) is 13.8 Å². The summed E-state index contributed by atoms with van der Waals surface area (Å²) in [6, 6.07) is -3.25. The zero-order valence-corrected chi connectivity index (χ0v) is 33.2. The molecule has 5 aliphatic heterocycles. The van der Waals surface area contributed by atoms with Crippen LogP contribution < -0.4 is 10.6 Å². The first-order valence-corrected chi connectivity index (χ1v) is 19.6. The van der Waals surface area contributed by atoms with Gasteiger partial charge in [0.1, 0.15) is 122 Å². The maximum atomic E-state index is 12.4. The van der Waals surface area contributed by atoms with Gasteiger partial charge in [0, 0.05) is 13.8 Å². The average Bonchev–Trinajstić information content (AvgIpc) is 3.23. The van der Waals surface area contributed by atoms with Crippen molar-refractivity contribution in [3.8, 4) is 0 Å². The van der Waals surface area contributed by atoms with Crippen LogP contribution in [0.4, 0.5) is 0 Å². The molecular formula is C34H58N2O26. The number of carbonyl (C=O) groups is 2. The van der Waals surface area contributed by atoms with Crippen LogP contribution in [0.15, 0.2) is 0 Å². The first kappa shape index (κ1) is 51.0. The van der Waals surface area contributed by atoms with E-state index in [2.05, 4.69) is 10.6 Å². The predicted octanol–water partition coefficient (Wildman–Crippen LogP) is -11.6. The van der Waals surface area contributed by atoms with Gasteiger partial charge in [0.2, 0.25) is 11.8 Å². The Bertz CT molecular complexity index is 1440. The standard InChI is InChI=1S/C34H58N2O26/c1-8(41)35-15-19(45)27(61-33-25(51)21(47)17(43)10(3-37)56-33)12(5-39)58-31(15)54-7-14-29(23(49)24(50)30(53)55-14)60-32-16(36-9(2)42)20(46)28(13(6-40)59-32)62-34-26(52)22(48)18(44)11(4-38)57-34/h10-34,37-40,43-53H,3-7H2,1-2H3,(H,35,41)(H,36,42)/t10-,11-,12-,13-,14-,15-,16-,17+,18+,19-,20-,21+,22+,23-,24-,25-,26-,27-,28-,29+,30-,31-,32+,33+,34+/m1/s1. The number of ether oxygens (including phenoxy) is 9. The van der Waals surface area contributed by atoms with E-state index >= 15 is 0 Å². The van der Waals surface area contributed by atoms with E-state index in [0.717, 1.165) is 13.8 Å². The van der Waals surface area contributed by atoms with E-state index in [1.54, 1.807) is 0 Å². The van der Waals surface area contributed by atoms with Crippen molar-refractivity contribution in [3.63, 3.8) is 0 Å².